The molecule has 0 radical (unpaired) electrons. The number of carbonyl (C=O) groups is 1. The molecule has 1 atom stereocenters. The van der Waals surface area contributed by atoms with E-state index in [0.29, 0.717) is 5.56 Å². The predicted molar refractivity (Wildman–Crippen MR) is 76.6 cm³/mol. The standard InChI is InChI=1S/C15H19NO5/c1-9(15(18)19)11-7-13(16(20)21)12(8-14(11)17)10-5-3-2-4-6-10/h7-10,17H,2-6H2,1H3,(H,18,19). The summed E-state index contributed by atoms with van der Waals surface area (Å²) in [6, 6.07) is 2.61. The van der Waals surface area contributed by atoms with E-state index in [4.69, 9.17) is 5.11 Å². The van der Waals surface area contributed by atoms with E-state index in [2.05, 4.69) is 0 Å². The summed E-state index contributed by atoms with van der Waals surface area (Å²) >= 11 is 0. The number of hydrogen-bond donors (Lipinski definition) is 2. The van der Waals surface area contributed by atoms with Crippen LogP contribution in [0.25, 0.3) is 0 Å². The van der Waals surface area contributed by atoms with Crippen molar-refractivity contribution in [1.29, 1.82) is 0 Å². The zero-order chi connectivity index (χ0) is 15.6. The topological polar surface area (TPSA) is 101 Å². The minimum absolute atomic E-state index is 0.0687. The highest BCUT2D eigenvalue weighted by Gasteiger charge is 2.28. The number of hydrogen-bond acceptors (Lipinski definition) is 4. The van der Waals surface area contributed by atoms with E-state index >= 15 is 0 Å². The Hall–Kier alpha value is -2.11. The summed E-state index contributed by atoms with van der Waals surface area (Å²) in [5.74, 6) is -2.20. The number of carboxylic acids is 1. The minimum Gasteiger partial charge on any atom is -0.508 e. The van der Waals surface area contributed by atoms with Crippen molar-refractivity contribution in [3.05, 3.63) is 33.4 Å². The Balaban J connectivity index is 2.48. The fourth-order valence-electron chi connectivity index (χ4n) is 2.99. The van der Waals surface area contributed by atoms with Crippen molar-refractivity contribution in [2.45, 2.75) is 50.9 Å². The van der Waals surface area contributed by atoms with Crippen LogP contribution in [-0.4, -0.2) is 21.1 Å². The lowest BCUT2D eigenvalue weighted by atomic mass is 9.82. The molecule has 114 valence electrons. The van der Waals surface area contributed by atoms with Crippen LogP contribution in [0.3, 0.4) is 0 Å². The van der Waals surface area contributed by atoms with Crippen molar-refractivity contribution in [3.8, 4) is 5.75 Å². The van der Waals surface area contributed by atoms with Gasteiger partial charge in [-0.2, -0.15) is 0 Å². The average Bonchev–Trinajstić information content (AvgIpc) is 2.46. The van der Waals surface area contributed by atoms with Crippen LogP contribution in [0.15, 0.2) is 12.1 Å². The van der Waals surface area contributed by atoms with E-state index in [1.807, 2.05) is 0 Å². The van der Waals surface area contributed by atoms with Crippen molar-refractivity contribution in [2.75, 3.05) is 0 Å². The molecule has 0 bridgehead atoms. The van der Waals surface area contributed by atoms with Crippen molar-refractivity contribution in [1.82, 2.24) is 0 Å². The fourth-order valence-corrected chi connectivity index (χ4v) is 2.99. The molecule has 2 N–H and O–H groups in total. The Morgan fingerprint density at radius 2 is 1.95 bits per heavy atom. The van der Waals surface area contributed by atoms with Crippen LogP contribution in [0, 0.1) is 10.1 Å². The van der Waals surface area contributed by atoms with E-state index in [1.165, 1.54) is 19.1 Å². The summed E-state index contributed by atoms with van der Waals surface area (Å²) in [7, 11) is 0. The van der Waals surface area contributed by atoms with Gasteiger partial charge in [0.1, 0.15) is 5.75 Å². The molecule has 6 heteroatoms. The van der Waals surface area contributed by atoms with Gasteiger partial charge in [-0.15, -0.1) is 0 Å². The highest BCUT2D eigenvalue weighted by atomic mass is 16.6. The second kappa shape index (κ2) is 6.11. The van der Waals surface area contributed by atoms with E-state index in [-0.39, 0.29) is 22.9 Å². The molecular weight excluding hydrogens is 274 g/mol. The van der Waals surface area contributed by atoms with Crippen LogP contribution in [0.4, 0.5) is 5.69 Å². The number of aromatic hydroxyl groups is 1. The normalized spacial score (nSPS) is 17.4. The van der Waals surface area contributed by atoms with Gasteiger partial charge in [-0.3, -0.25) is 14.9 Å². The molecule has 2 rings (SSSR count). The second-order valence-corrected chi connectivity index (χ2v) is 5.62. The Morgan fingerprint density at radius 3 is 2.48 bits per heavy atom. The Labute approximate surface area is 122 Å². The largest absolute Gasteiger partial charge is 0.508 e. The van der Waals surface area contributed by atoms with Crippen LogP contribution in [0.2, 0.25) is 0 Å². The molecule has 0 amide bonds. The smallest absolute Gasteiger partial charge is 0.310 e. The summed E-state index contributed by atoms with van der Waals surface area (Å²) < 4.78 is 0. The first kappa shape index (κ1) is 15.3. The van der Waals surface area contributed by atoms with Crippen molar-refractivity contribution in [2.24, 2.45) is 0 Å². The SMILES string of the molecule is CC(C(=O)O)c1cc([N+](=O)[O-])c(C2CCCCC2)cc1O. The van der Waals surface area contributed by atoms with Gasteiger partial charge in [0.05, 0.1) is 10.8 Å². The number of phenolic OH excluding ortho intramolecular Hbond substituents is 1. The number of phenols is 1. The van der Waals surface area contributed by atoms with Crippen LogP contribution < -0.4 is 0 Å². The molecule has 0 heterocycles. The minimum atomic E-state index is -1.12. The molecule has 1 fully saturated rings. The number of nitrogens with zero attached hydrogens (tertiary/aromatic N) is 1. The molecule has 1 aromatic carbocycles. The molecule has 1 aliphatic carbocycles. The molecular formula is C15H19NO5. The molecule has 0 aromatic heterocycles. The summed E-state index contributed by atoms with van der Waals surface area (Å²) in [5, 5.41) is 30.4. The average molecular weight is 293 g/mol. The Kier molecular flexibility index (Phi) is 4.45. The van der Waals surface area contributed by atoms with Crippen LogP contribution >= 0.6 is 0 Å². The van der Waals surface area contributed by atoms with Crippen LogP contribution in [0.5, 0.6) is 5.75 Å². The molecule has 1 aromatic rings. The lowest BCUT2D eigenvalue weighted by Crippen LogP contribution is -2.11. The highest BCUT2D eigenvalue weighted by Crippen LogP contribution is 2.41. The number of benzene rings is 1. The highest BCUT2D eigenvalue weighted by molar-refractivity contribution is 5.77. The molecule has 0 spiro atoms. The Bertz CT molecular complexity index is 563. The first-order valence-electron chi connectivity index (χ1n) is 7.15. The van der Waals surface area contributed by atoms with Gasteiger partial charge >= 0.3 is 5.97 Å². The number of rotatable bonds is 4. The number of aliphatic carboxylic acids is 1. The van der Waals surface area contributed by atoms with Gasteiger partial charge < -0.3 is 10.2 Å². The zero-order valence-corrected chi connectivity index (χ0v) is 11.9. The fraction of sp³-hybridized carbons (Fsp3) is 0.533. The molecule has 1 saturated carbocycles. The van der Waals surface area contributed by atoms with E-state index in [9.17, 15) is 20.0 Å². The third-order valence-corrected chi connectivity index (χ3v) is 4.25. The third kappa shape index (κ3) is 3.15. The van der Waals surface area contributed by atoms with Gasteiger partial charge in [0, 0.05) is 17.2 Å². The molecule has 6 nitrogen and oxygen atoms in total. The molecule has 1 unspecified atom stereocenters. The van der Waals surface area contributed by atoms with Crippen molar-refractivity contribution >= 4 is 11.7 Å². The number of nitro benzene ring substituents is 1. The summed E-state index contributed by atoms with van der Waals surface area (Å²) in [5.41, 5.74) is 0.537. The van der Waals surface area contributed by atoms with E-state index < -0.39 is 16.8 Å². The van der Waals surface area contributed by atoms with E-state index in [0.717, 1.165) is 32.1 Å². The maximum atomic E-state index is 11.3. The van der Waals surface area contributed by atoms with Crippen molar-refractivity contribution in [3.63, 3.8) is 0 Å². The lowest BCUT2D eigenvalue weighted by Gasteiger charge is -2.22. The Morgan fingerprint density at radius 1 is 1.33 bits per heavy atom. The summed E-state index contributed by atoms with van der Waals surface area (Å²) in [6.07, 6.45) is 4.92. The van der Waals surface area contributed by atoms with Gasteiger partial charge in [0.2, 0.25) is 0 Å². The van der Waals surface area contributed by atoms with Gasteiger partial charge in [-0.05, 0) is 31.7 Å². The zero-order valence-electron chi connectivity index (χ0n) is 11.9. The molecule has 1 aliphatic rings. The second-order valence-electron chi connectivity index (χ2n) is 5.62. The van der Waals surface area contributed by atoms with Crippen LogP contribution in [0.1, 0.15) is 62.0 Å². The van der Waals surface area contributed by atoms with Gasteiger partial charge in [-0.25, -0.2) is 0 Å². The monoisotopic (exact) mass is 293 g/mol. The van der Waals surface area contributed by atoms with Gasteiger partial charge in [-0.1, -0.05) is 19.3 Å². The predicted octanol–water partition coefficient (Wildman–Crippen LogP) is 3.54. The summed E-state index contributed by atoms with van der Waals surface area (Å²) in [4.78, 5) is 21.9. The van der Waals surface area contributed by atoms with E-state index in [1.54, 1.807) is 0 Å². The first-order valence-corrected chi connectivity index (χ1v) is 7.15. The maximum absolute atomic E-state index is 11.3. The van der Waals surface area contributed by atoms with Crippen LogP contribution in [-0.2, 0) is 4.79 Å². The number of nitro groups is 1. The maximum Gasteiger partial charge on any atom is 0.310 e. The van der Waals surface area contributed by atoms with Crippen molar-refractivity contribution < 1.29 is 19.9 Å². The third-order valence-electron chi connectivity index (χ3n) is 4.25. The molecule has 21 heavy (non-hydrogen) atoms. The lowest BCUT2D eigenvalue weighted by molar-refractivity contribution is -0.385. The quantitative estimate of drug-likeness (QED) is 0.653. The number of carboxylic acid groups (broad SMARTS) is 1. The molecule has 0 saturated heterocycles. The van der Waals surface area contributed by atoms with Gasteiger partial charge in [0.25, 0.3) is 5.69 Å². The first-order chi connectivity index (χ1) is 9.91. The summed E-state index contributed by atoms with van der Waals surface area (Å²) in [6.45, 7) is 1.40. The van der Waals surface area contributed by atoms with Gasteiger partial charge in [0.15, 0.2) is 0 Å². The molecule has 0 aliphatic heterocycles.